The number of hydrogen-bond acceptors (Lipinski definition) is 4. The number of nitrogens with one attached hydrogen (secondary N) is 1. The van der Waals surface area contributed by atoms with Crippen molar-refractivity contribution in [2.45, 2.75) is 0 Å². The zero-order valence-corrected chi connectivity index (χ0v) is 16.4. The number of rotatable bonds is 4. The third-order valence-electron chi connectivity index (χ3n) is 4.71. The summed E-state index contributed by atoms with van der Waals surface area (Å²) in [7, 11) is 0. The Hall–Kier alpha value is -3.90. The third-order valence-corrected chi connectivity index (χ3v) is 4.94. The highest BCUT2D eigenvalue weighted by molar-refractivity contribution is 6.31. The van der Waals surface area contributed by atoms with Crippen LogP contribution in [0.25, 0.3) is 22.4 Å². The van der Waals surface area contributed by atoms with E-state index < -0.39 is 0 Å². The van der Waals surface area contributed by atoms with Gasteiger partial charge in [-0.05, 0) is 42.5 Å². The number of fused-ring (bicyclic) bond motifs is 1. The van der Waals surface area contributed by atoms with Gasteiger partial charge in [-0.1, -0.05) is 35.9 Å². The molecule has 0 radical (unpaired) electrons. The van der Waals surface area contributed by atoms with Crippen molar-refractivity contribution in [2.75, 3.05) is 4.90 Å². The molecule has 0 spiro atoms. The monoisotopic (exact) mass is 414 g/mol. The molecular weight excluding hydrogens is 400 g/mol. The maximum atomic E-state index is 13.7. The summed E-state index contributed by atoms with van der Waals surface area (Å²) in [6.45, 7) is 0. The van der Waals surface area contributed by atoms with Gasteiger partial charge in [-0.15, -0.1) is 0 Å². The molecule has 5 rings (SSSR count). The Morgan fingerprint density at radius 3 is 2.73 bits per heavy atom. The van der Waals surface area contributed by atoms with E-state index in [1.807, 2.05) is 36.4 Å². The van der Waals surface area contributed by atoms with Gasteiger partial charge in [0.2, 0.25) is 5.95 Å². The number of carbonyl (C=O) groups excluding carboxylic acids is 1. The van der Waals surface area contributed by atoms with Gasteiger partial charge in [-0.25, -0.2) is 9.88 Å². The number of para-hydroxylation sites is 1. The molecule has 30 heavy (non-hydrogen) atoms. The van der Waals surface area contributed by atoms with Gasteiger partial charge in [0.1, 0.15) is 5.69 Å². The van der Waals surface area contributed by atoms with Crippen LogP contribution in [0.2, 0.25) is 5.02 Å². The summed E-state index contributed by atoms with van der Waals surface area (Å²) in [6.07, 6.45) is 4.84. The van der Waals surface area contributed by atoms with Crippen LogP contribution in [-0.4, -0.2) is 20.9 Å². The molecule has 3 aromatic heterocycles. The Morgan fingerprint density at radius 1 is 1.00 bits per heavy atom. The van der Waals surface area contributed by atoms with Crippen molar-refractivity contribution in [2.24, 2.45) is 0 Å². The first-order valence-corrected chi connectivity index (χ1v) is 9.61. The van der Waals surface area contributed by atoms with Crippen LogP contribution in [0.1, 0.15) is 10.4 Å². The van der Waals surface area contributed by atoms with Gasteiger partial charge >= 0.3 is 0 Å². The van der Waals surface area contributed by atoms with Gasteiger partial charge in [0, 0.05) is 16.6 Å². The number of imidazole rings is 1. The van der Waals surface area contributed by atoms with Crippen molar-refractivity contribution in [1.82, 2.24) is 15.0 Å². The zero-order valence-electron chi connectivity index (χ0n) is 15.6. The smallest absolute Gasteiger partial charge is 0.265 e. The average Bonchev–Trinajstić information content (AvgIpc) is 3.46. The molecule has 1 N–H and O–H groups in total. The molecule has 3 heterocycles. The largest absolute Gasteiger partial charge is 0.463 e. The number of aromatic amines is 1. The van der Waals surface area contributed by atoms with Crippen LogP contribution in [-0.2, 0) is 0 Å². The lowest BCUT2D eigenvalue weighted by Crippen LogP contribution is -2.27. The summed E-state index contributed by atoms with van der Waals surface area (Å²) in [6, 6.07) is 19.9. The van der Waals surface area contributed by atoms with Crippen LogP contribution < -0.4 is 4.90 Å². The number of anilines is 2. The van der Waals surface area contributed by atoms with E-state index in [0.717, 1.165) is 10.9 Å². The molecule has 0 atom stereocenters. The summed E-state index contributed by atoms with van der Waals surface area (Å²) in [5.41, 5.74) is 2.50. The molecular formula is C23H15ClN4O2. The van der Waals surface area contributed by atoms with Crippen LogP contribution in [0.4, 0.5) is 11.6 Å². The number of benzene rings is 2. The number of nitrogens with zero attached hydrogens (tertiary/aromatic N) is 3. The topological polar surface area (TPSA) is 75.0 Å². The highest BCUT2D eigenvalue weighted by Gasteiger charge is 2.25. The number of H-pyrrole nitrogens is 1. The Morgan fingerprint density at radius 2 is 1.90 bits per heavy atom. The number of halogens is 1. The number of hydrogen-bond donors (Lipinski definition) is 1. The molecule has 1 amide bonds. The van der Waals surface area contributed by atoms with Gasteiger partial charge in [0.25, 0.3) is 5.91 Å². The molecule has 5 aromatic rings. The maximum absolute atomic E-state index is 13.7. The van der Waals surface area contributed by atoms with Crippen LogP contribution in [0.5, 0.6) is 0 Å². The van der Waals surface area contributed by atoms with E-state index in [-0.39, 0.29) is 5.91 Å². The first-order chi connectivity index (χ1) is 14.7. The Balaban J connectivity index is 1.66. The minimum atomic E-state index is -0.254. The highest BCUT2D eigenvalue weighted by Crippen LogP contribution is 2.31. The predicted molar refractivity (Wildman–Crippen MR) is 116 cm³/mol. The van der Waals surface area contributed by atoms with Crippen molar-refractivity contribution in [3.8, 4) is 11.5 Å². The second-order valence-corrected chi connectivity index (χ2v) is 7.03. The van der Waals surface area contributed by atoms with E-state index in [1.165, 1.54) is 4.90 Å². The molecule has 0 aliphatic heterocycles. The lowest BCUT2D eigenvalue weighted by molar-refractivity contribution is 0.0999. The van der Waals surface area contributed by atoms with Crippen LogP contribution in [0.3, 0.4) is 0 Å². The van der Waals surface area contributed by atoms with Gasteiger partial charge in [0.15, 0.2) is 5.76 Å². The highest BCUT2D eigenvalue weighted by atomic mass is 35.5. The average molecular weight is 415 g/mol. The van der Waals surface area contributed by atoms with E-state index in [2.05, 4.69) is 15.0 Å². The normalized spacial score (nSPS) is 11.0. The molecule has 0 aliphatic rings. The number of amides is 1. The van der Waals surface area contributed by atoms with Crippen molar-refractivity contribution in [1.29, 1.82) is 0 Å². The first-order valence-electron chi connectivity index (χ1n) is 9.23. The van der Waals surface area contributed by atoms with E-state index >= 15 is 0 Å². The molecule has 7 heteroatoms. The molecule has 0 unspecified atom stereocenters. The van der Waals surface area contributed by atoms with Gasteiger partial charge in [0.05, 0.1) is 29.2 Å². The standard InChI is InChI=1S/C23H15ClN4O2/c24-15-5-3-6-16(13-15)28(23-26-14-20(27-23)21-9-4-12-30-21)22(29)18-10-11-25-19-8-2-1-7-17(18)19/h1-14H,(H,26,27). The number of pyridine rings is 1. The van der Waals surface area contributed by atoms with Gasteiger partial charge < -0.3 is 9.40 Å². The second kappa shape index (κ2) is 7.50. The lowest BCUT2D eigenvalue weighted by Gasteiger charge is -2.21. The van der Waals surface area contributed by atoms with Crippen molar-refractivity contribution < 1.29 is 9.21 Å². The lowest BCUT2D eigenvalue weighted by atomic mass is 10.1. The Bertz CT molecular complexity index is 1340. The fourth-order valence-corrected chi connectivity index (χ4v) is 3.52. The summed E-state index contributed by atoms with van der Waals surface area (Å²) >= 11 is 6.21. The second-order valence-electron chi connectivity index (χ2n) is 6.59. The molecule has 0 aliphatic carbocycles. The van der Waals surface area contributed by atoms with Crippen molar-refractivity contribution in [3.63, 3.8) is 0 Å². The summed E-state index contributed by atoms with van der Waals surface area (Å²) < 4.78 is 5.44. The Kier molecular flexibility index (Phi) is 4.53. The summed E-state index contributed by atoms with van der Waals surface area (Å²) in [5.74, 6) is 0.729. The number of carbonyl (C=O) groups is 1. The van der Waals surface area contributed by atoms with Gasteiger partial charge in [-0.3, -0.25) is 9.78 Å². The molecule has 0 saturated heterocycles. The third kappa shape index (κ3) is 3.23. The van der Waals surface area contributed by atoms with Crippen LogP contribution in [0, 0.1) is 0 Å². The van der Waals surface area contributed by atoms with Crippen molar-refractivity contribution >= 4 is 40.0 Å². The molecule has 0 fully saturated rings. The fourth-order valence-electron chi connectivity index (χ4n) is 3.34. The van der Waals surface area contributed by atoms with E-state index in [0.29, 0.717) is 33.7 Å². The number of furan rings is 1. The Labute approximate surface area is 176 Å². The van der Waals surface area contributed by atoms with Crippen LogP contribution >= 0.6 is 11.6 Å². The summed E-state index contributed by atoms with van der Waals surface area (Å²) in [4.78, 5) is 27.2. The summed E-state index contributed by atoms with van der Waals surface area (Å²) in [5, 5.41) is 1.28. The SMILES string of the molecule is O=C(c1ccnc2ccccc12)N(c1cccc(Cl)c1)c1ncc(-c2ccco2)[nH]1. The molecule has 0 bridgehead atoms. The predicted octanol–water partition coefficient (Wildman–Crippen LogP) is 5.85. The molecule has 6 nitrogen and oxygen atoms in total. The van der Waals surface area contributed by atoms with E-state index in [9.17, 15) is 4.79 Å². The minimum absolute atomic E-state index is 0.254. The van der Waals surface area contributed by atoms with Gasteiger partial charge in [-0.2, -0.15) is 0 Å². The van der Waals surface area contributed by atoms with E-state index in [1.54, 1.807) is 49.0 Å². The molecule has 2 aromatic carbocycles. The maximum Gasteiger partial charge on any atom is 0.265 e. The first kappa shape index (κ1) is 18.1. The molecule has 146 valence electrons. The van der Waals surface area contributed by atoms with Crippen molar-refractivity contribution in [3.05, 3.63) is 96.0 Å². The number of aromatic nitrogens is 3. The molecule has 0 saturated carbocycles. The van der Waals surface area contributed by atoms with E-state index in [4.69, 9.17) is 16.0 Å². The van der Waals surface area contributed by atoms with Crippen LogP contribution in [0.15, 0.2) is 89.8 Å². The zero-order chi connectivity index (χ0) is 20.5. The fraction of sp³-hybridized carbons (Fsp3) is 0. The minimum Gasteiger partial charge on any atom is -0.463 e. The quantitative estimate of drug-likeness (QED) is 0.400.